The molecule has 0 saturated carbocycles. The Hall–Kier alpha value is -1.87. The van der Waals surface area contributed by atoms with E-state index in [0.29, 0.717) is 18.5 Å². The second-order valence-corrected chi connectivity index (χ2v) is 6.60. The third kappa shape index (κ3) is 2.76. The minimum Gasteiger partial charge on any atom is -0.323 e. The Morgan fingerprint density at radius 2 is 2.00 bits per heavy atom. The zero-order valence-corrected chi connectivity index (χ0v) is 11.4. The highest BCUT2D eigenvalue weighted by atomic mass is 32.2. The maximum Gasteiger partial charge on any atom is 0.254 e. The van der Waals surface area contributed by atoms with Gasteiger partial charge >= 0.3 is 0 Å². The van der Waals surface area contributed by atoms with Gasteiger partial charge in [-0.1, -0.05) is 0 Å². The Labute approximate surface area is 112 Å². The predicted molar refractivity (Wildman–Crippen MR) is 69.2 cm³/mol. The van der Waals surface area contributed by atoms with Crippen LogP contribution in [0.3, 0.4) is 0 Å². The van der Waals surface area contributed by atoms with Crippen molar-refractivity contribution in [2.45, 2.75) is 23.8 Å². The molecule has 1 aromatic rings. The SMILES string of the molecule is CS(=O)(=O)c1ccc(C(=O)N2CCCC2C#N)cc1. The van der Waals surface area contributed by atoms with Crippen LogP contribution >= 0.6 is 0 Å². The molecule has 1 aliphatic rings. The quantitative estimate of drug-likeness (QED) is 0.814. The fourth-order valence-electron chi connectivity index (χ4n) is 2.15. The standard InChI is InChI=1S/C13H14N2O3S/c1-19(17,18)12-6-4-10(5-7-12)13(16)15-8-2-3-11(15)9-14/h4-7,11H,2-3,8H2,1H3. The van der Waals surface area contributed by atoms with E-state index in [9.17, 15) is 13.2 Å². The third-order valence-electron chi connectivity index (χ3n) is 3.19. The number of benzene rings is 1. The van der Waals surface area contributed by atoms with Gasteiger partial charge < -0.3 is 4.90 Å². The van der Waals surface area contributed by atoms with Gasteiger partial charge in [-0.2, -0.15) is 5.26 Å². The van der Waals surface area contributed by atoms with E-state index >= 15 is 0 Å². The Balaban J connectivity index is 2.24. The summed E-state index contributed by atoms with van der Waals surface area (Å²) in [5, 5.41) is 8.96. The van der Waals surface area contributed by atoms with Gasteiger partial charge in [-0.15, -0.1) is 0 Å². The summed E-state index contributed by atoms with van der Waals surface area (Å²) in [6.07, 6.45) is 2.64. The normalized spacial score (nSPS) is 19.2. The Morgan fingerprint density at radius 3 is 2.53 bits per heavy atom. The minimum atomic E-state index is -3.26. The lowest BCUT2D eigenvalue weighted by atomic mass is 10.2. The number of likely N-dealkylation sites (tertiary alicyclic amines) is 1. The molecule has 0 N–H and O–H groups in total. The number of amides is 1. The van der Waals surface area contributed by atoms with Crippen LogP contribution in [0.5, 0.6) is 0 Å². The van der Waals surface area contributed by atoms with Crippen LogP contribution < -0.4 is 0 Å². The molecule has 1 unspecified atom stereocenters. The highest BCUT2D eigenvalue weighted by Crippen LogP contribution is 2.20. The fourth-order valence-corrected chi connectivity index (χ4v) is 2.78. The summed E-state index contributed by atoms with van der Waals surface area (Å²) in [7, 11) is -3.26. The first-order valence-electron chi connectivity index (χ1n) is 5.94. The van der Waals surface area contributed by atoms with Crippen molar-refractivity contribution < 1.29 is 13.2 Å². The molecule has 19 heavy (non-hydrogen) atoms. The molecule has 100 valence electrons. The largest absolute Gasteiger partial charge is 0.323 e. The molecule has 0 aliphatic carbocycles. The van der Waals surface area contributed by atoms with Crippen LogP contribution in [0.1, 0.15) is 23.2 Å². The third-order valence-corrected chi connectivity index (χ3v) is 4.32. The average Bonchev–Trinajstić information content (AvgIpc) is 2.85. The lowest BCUT2D eigenvalue weighted by Gasteiger charge is -2.19. The second kappa shape index (κ2) is 5.02. The molecule has 0 spiro atoms. The van der Waals surface area contributed by atoms with Gasteiger partial charge in [-0.05, 0) is 37.1 Å². The average molecular weight is 278 g/mol. The van der Waals surface area contributed by atoms with Crippen LogP contribution in [-0.4, -0.2) is 38.1 Å². The zero-order valence-electron chi connectivity index (χ0n) is 10.5. The smallest absolute Gasteiger partial charge is 0.254 e. The summed E-state index contributed by atoms with van der Waals surface area (Å²) in [4.78, 5) is 13.9. The van der Waals surface area contributed by atoms with Gasteiger partial charge in [0.25, 0.3) is 5.91 Å². The summed E-state index contributed by atoms with van der Waals surface area (Å²) in [6, 6.07) is 7.55. The maximum absolute atomic E-state index is 12.2. The number of hydrogen-bond donors (Lipinski definition) is 0. The van der Waals surface area contributed by atoms with Gasteiger partial charge in [0.2, 0.25) is 0 Å². The van der Waals surface area contributed by atoms with Crippen LogP contribution in [0.4, 0.5) is 0 Å². The molecular weight excluding hydrogens is 264 g/mol. The van der Waals surface area contributed by atoms with E-state index in [0.717, 1.165) is 12.7 Å². The van der Waals surface area contributed by atoms with E-state index in [1.165, 1.54) is 29.2 Å². The number of rotatable bonds is 2. The van der Waals surface area contributed by atoms with Crippen LogP contribution in [0.25, 0.3) is 0 Å². The molecule has 0 radical (unpaired) electrons. The molecule has 6 heteroatoms. The molecule has 2 rings (SSSR count). The van der Waals surface area contributed by atoms with Crippen molar-refractivity contribution in [1.82, 2.24) is 4.90 Å². The lowest BCUT2D eigenvalue weighted by Crippen LogP contribution is -2.34. The van der Waals surface area contributed by atoms with Gasteiger partial charge in [-0.25, -0.2) is 8.42 Å². The van der Waals surface area contributed by atoms with Gasteiger partial charge in [0.15, 0.2) is 9.84 Å². The van der Waals surface area contributed by atoms with E-state index in [1.807, 2.05) is 0 Å². The Bertz CT molecular complexity index is 629. The molecule has 1 saturated heterocycles. The number of sulfone groups is 1. The summed E-state index contributed by atoms with van der Waals surface area (Å²) >= 11 is 0. The van der Waals surface area contributed by atoms with Gasteiger partial charge in [0, 0.05) is 18.4 Å². The van der Waals surface area contributed by atoms with E-state index in [4.69, 9.17) is 5.26 Å². The highest BCUT2D eigenvalue weighted by molar-refractivity contribution is 7.90. The number of carbonyl (C=O) groups is 1. The first-order valence-corrected chi connectivity index (χ1v) is 7.83. The number of carbonyl (C=O) groups excluding carboxylic acids is 1. The van der Waals surface area contributed by atoms with Crippen LogP contribution in [0.2, 0.25) is 0 Å². The van der Waals surface area contributed by atoms with E-state index in [2.05, 4.69) is 6.07 Å². The van der Waals surface area contributed by atoms with Crippen molar-refractivity contribution >= 4 is 15.7 Å². The molecule has 1 aromatic carbocycles. The van der Waals surface area contributed by atoms with Crippen molar-refractivity contribution in [2.75, 3.05) is 12.8 Å². The van der Waals surface area contributed by atoms with Crippen molar-refractivity contribution in [3.8, 4) is 6.07 Å². The predicted octanol–water partition coefficient (Wildman–Crippen LogP) is 1.22. The van der Waals surface area contributed by atoms with Crippen molar-refractivity contribution in [1.29, 1.82) is 5.26 Å². The molecule has 0 aromatic heterocycles. The van der Waals surface area contributed by atoms with E-state index in [-0.39, 0.29) is 16.8 Å². The molecule has 1 fully saturated rings. The molecule has 0 bridgehead atoms. The van der Waals surface area contributed by atoms with E-state index in [1.54, 1.807) is 0 Å². The lowest BCUT2D eigenvalue weighted by molar-refractivity contribution is 0.0765. The Morgan fingerprint density at radius 1 is 1.37 bits per heavy atom. The number of nitriles is 1. The number of nitrogens with zero attached hydrogens (tertiary/aromatic N) is 2. The van der Waals surface area contributed by atoms with E-state index < -0.39 is 9.84 Å². The molecule has 1 amide bonds. The first kappa shape index (κ1) is 13.6. The van der Waals surface area contributed by atoms with Crippen molar-refractivity contribution in [3.63, 3.8) is 0 Å². The van der Waals surface area contributed by atoms with Crippen LogP contribution in [0, 0.1) is 11.3 Å². The maximum atomic E-state index is 12.2. The van der Waals surface area contributed by atoms with Gasteiger partial charge in [-0.3, -0.25) is 4.79 Å². The topological polar surface area (TPSA) is 78.2 Å². The van der Waals surface area contributed by atoms with Crippen LogP contribution in [-0.2, 0) is 9.84 Å². The molecule has 1 heterocycles. The summed E-state index contributed by atoms with van der Waals surface area (Å²) in [5.41, 5.74) is 0.412. The molecule has 5 nitrogen and oxygen atoms in total. The van der Waals surface area contributed by atoms with Crippen molar-refractivity contribution in [2.24, 2.45) is 0 Å². The minimum absolute atomic E-state index is 0.183. The molecule has 1 aliphatic heterocycles. The Kier molecular flexibility index (Phi) is 3.58. The first-order chi connectivity index (χ1) is 8.93. The highest BCUT2D eigenvalue weighted by Gasteiger charge is 2.29. The second-order valence-electron chi connectivity index (χ2n) is 4.58. The van der Waals surface area contributed by atoms with Gasteiger partial charge in [0.05, 0.1) is 11.0 Å². The summed E-state index contributed by atoms with van der Waals surface area (Å²) in [6.45, 7) is 0.574. The molecule has 1 atom stereocenters. The monoisotopic (exact) mass is 278 g/mol. The summed E-state index contributed by atoms with van der Waals surface area (Å²) < 4.78 is 22.7. The van der Waals surface area contributed by atoms with Gasteiger partial charge in [0.1, 0.15) is 6.04 Å². The molecular formula is C13H14N2O3S. The van der Waals surface area contributed by atoms with Crippen LogP contribution in [0.15, 0.2) is 29.2 Å². The zero-order chi connectivity index (χ0) is 14.0. The number of hydrogen-bond acceptors (Lipinski definition) is 4. The summed E-state index contributed by atoms with van der Waals surface area (Å²) in [5.74, 6) is -0.218. The fraction of sp³-hybridized carbons (Fsp3) is 0.385. The van der Waals surface area contributed by atoms with Crippen molar-refractivity contribution in [3.05, 3.63) is 29.8 Å².